The zero-order valence-electron chi connectivity index (χ0n) is 10.7. The highest BCUT2D eigenvalue weighted by Crippen LogP contribution is 2.25. The van der Waals surface area contributed by atoms with E-state index in [1.54, 1.807) is 0 Å². The Morgan fingerprint density at radius 2 is 1.95 bits per heavy atom. The van der Waals surface area contributed by atoms with E-state index in [9.17, 15) is 5.26 Å². The number of nitriles is 1. The molecule has 1 heterocycles. The Hall–Kier alpha value is -2.65. The molecule has 6 heteroatoms. The average Bonchev–Trinajstić information content (AvgIpc) is 2.41. The summed E-state index contributed by atoms with van der Waals surface area (Å²) in [4.78, 5) is 8.17. The molecule has 2 aromatic rings. The lowest BCUT2D eigenvalue weighted by molar-refractivity contribution is 1.10. The molecule has 96 valence electrons. The summed E-state index contributed by atoms with van der Waals surface area (Å²) in [6.07, 6.45) is 1.41. The molecule has 2 rings (SSSR count). The number of nitrogen functional groups attached to an aromatic ring is 1. The van der Waals surface area contributed by atoms with Gasteiger partial charge < -0.3 is 10.7 Å². The highest BCUT2D eigenvalue weighted by molar-refractivity contribution is 5.70. The minimum atomic E-state index is 0.545. The molecule has 0 atom stereocenters. The smallest absolute Gasteiger partial charge is 0.148 e. The molecule has 0 bridgehead atoms. The van der Waals surface area contributed by atoms with Gasteiger partial charge in [-0.3, -0.25) is 0 Å². The van der Waals surface area contributed by atoms with Crippen LogP contribution in [0, 0.1) is 25.2 Å². The number of anilines is 3. The van der Waals surface area contributed by atoms with Gasteiger partial charge in [0.05, 0.1) is 11.3 Å². The molecule has 0 aliphatic heterocycles. The van der Waals surface area contributed by atoms with Gasteiger partial charge in [-0.2, -0.15) is 5.26 Å². The Balaban J connectivity index is 2.43. The fraction of sp³-hybridized carbons (Fsp3) is 0.154. The number of hydrogen-bond donors (Lipinski definition) is 3. The SMILES string of the molecule is Cc1cccc(Nc2ncnc(NN)c2C)c1C#N. The zero-order valence-corrected chi connectivity index (χ0v) is 10.7. The van der Waals surface area contributed by atoms with Crippen molar-refractivity contribution in [2.75, 3.05) is 10.7 Å². The number of hydrogen-bond acceptors (Lipinski definition) is 6. The van der Waals surface area contributed by atoms with Crippen molar-refractivity contribution in [3.63, 3.8) is 0 Å². The maximum absolute atomic E-state index is 9.19. The van der Waals surface area contributed by atoms with Crippen molar-refractivity contribution in [1.29, 1.82) is 5.26 Å². The number of rotatable bonds is 3. The van der Waals surface area contributed by atoms with Gasteiger partial charge in [0, 0.05) is 5.56 Å². The number of nitrogens with zero attached hydrogens (tertiary/aromatic N) is 3. The summed E-state index contributed by atoms with van der Waals surface area (Å²) in [5.74, 6) is 6.53. The number of nitrogens with two attached hydrogens (primary N) is 1. The molecule has 19 heavy (non-hydrogen) atoms. The van der Waals surface area contributed by atoms with Gasteiger partial charge in [-0.05, 0) is 25.5 Å². The molecular weight excluding hydrogens is 240 g/mol. The monoisotopic (exact) mass is 254 g/mol. The maximum atomic E-state index is 9.19. The van der Waals surface area contributed by atoms with E-state index in [1.807, 2.05) is 32.0 Å². The number of benzene rings is 1. The lowest BCUT2D eigenvalue weighted by atomic mass is 10.1. The molecule has 0 radical (unpaired) electrons. The molecule has 0 aliphatic rings. The van der Waals surface area contributed by atoms with Crippen LogP contribution in [0.1, 0.15) is 16.7 Å². The molecule has 0 saturated carbocycles. The average molecular weight is 254 g/mol. The normalized spacial score (nSPS) is 9.79. The van der Waals surface area contributed by atoms with Gasteiger partial charge in [0.25, 0.3) is 0 Å². The fourth-order valence-electron chi connectivity index (χ4n) is 1.77. The summed E-state index contributed by atoms with van der Waals surface area (Å²) in [6.45, 7) is 3.74. The zero-order chi connectivity index (χ0) is 13.8. The Morgan fingerprint density at radius 3 is 2.63 bits per heavy atom. The Morgan fingerprint density at radius 1 is 1.21 bits per heavy atom. The summed E-state index contributed by atoms with van der Waals surface area (Å²) in [6, 6.07) is 7.80. The van der Waals surface area contributed by atoms with E-state index in [2.05, 4.69) is 26.8 Å². The quantitative estimate of drug-likeness (QED) is 0.572. The van der Waals surface area contributed by atoms with Gasteiger partial charge in [-0.25, -0.2) is 15.8 Å². The van der Waals surface area contributed by atoms with Crippen LogP contribution in [0.25, 0.3) is 0 Å². The lowest BCUT2D eigenvalue weighted by Crippen LogP contribution is -2.12. The van der Waals surface area contributed by atoms with Crippen LogP contribution in [0.5, 0.6) is 0 Å². The third-order valence-corrected chi connectivity index (χ3v) is 2.86. The summed E-state index contributed by atoms with van der Waals surface area (Å²) < 4.78 is 0. The first-order valence-corrected chi connectivity index (χ1v) is 5.72. The third kappa shape index (κ3) is 2.46. The van der Waals surface area contributed by atoms with Gasteiger partial charge in [-0.15, -0.1) is 0 Å². The number of nitrogens with one attached hydrogen (secondary N) is 2. The van der Waals surface area contributed by atoms with Crippen molar-refractivity contribution >= 4 is 17.3 Å². The molecule has 0 fully saturated rings. The Labute approximate surface area is 111 Å². The first-order valence-electron chi connectivity index (χ1n) is 5.72. The van der Waals surface area contributed by atoms with Crippen molar-refractivity contribution in [1.82, 2.24) is 9.97 Å². The van der Waals surface area contributed by atoms with Crippen LogP contribution in [0.4, 0.5) is 17.3 Å². The second-order valence-corrected chi connectivity index (χ2v) is 4.07. The van der Waals surface area contributed by atoms with Crippen LogP contribution < -0.4 is 16.6 Å². The summed E-state index contributed by atoms with van der Waals surface area (Å²) in [7, 11) is 0. The van der Waals surface area contributed by atoms with E-state index < -0.39 is 0 Å². The molecule has 0 aliphatic carbocycles. The minimum Gasteiger partial charge on any atom is -0.339 e. The number of hydrazine groups is 1. The highest BCUT2D eigenvalue weighted by atomic mass is 15.3. The van der Waals surface area contributed by atoms with Gasteiger partial charge in [-0.1, -0.05) is 12.1 Å². The predicted molar refractivity (Wildman–Crippen MR) is 73.8 cm³/mol. The van der Waals surface area contributed by atoms with Crippen molar-refractivity contribution < 1.29 is 0 Å². The van der Waals surface area contributed by atoms with E-state index in [1.165, 1.54) is 6.33 Å². The molecule has 6 nitrogen and oxygen atoms in total. The van der Waals surface area contributed by atoms with Gasteiger partial charge >= 0.3 is 0 Å². The van der Waals surface area contributed by atoms with Gasteiger partial charge in [0.1, 0.15) is 24.0 Å². The van der Waals surface area contributed by atoms with E-state index >= 15 is 0 Å². The summed E-state index contributed by atoms with van der Waals surface area (Å²) in [5, 5.41) is 12.3. The number of aromatic nitrogens is 2. The second-order valence-electron chi connectivity index (χ2n) is 4.07. The van der Waals surface area contributed by atoms with Crippen LogP contribution in [0.2, 0.25) is 0 Å². The topological polar surface area (TPSA) is 99.7 Å². The first-order chi connectivity index (χ1) is 9.17. The Kier molecular flexibility index (Phi) is 3.59. The molecular formula is C13H14N6. The van der Waals surface area contributed by atoms with Crippen molar-refractivity contribution in [3.8, 4) is 6.07 Å². The van der Waals surface area contributed by atoms with Crippen molar-refractivity contribution in [2.24, 2.45) is 5.84 Å². The minimum absolute atomic E-state index is 0.545. The van der Waals surface area contributed by atoms with Gasteiger partial charge in [0.2, 0.25) is 0 Å². The van der Waals surface area contributed by atoms with E-state index in [0.29, 0.717) is 22.9 Å². The molecule has 1 aromatic heterocycles. The van der Waals surface area contributed by atoms with E-state index in [4.69, 9.17) is 5.84 Å². The van der Waals surface area contributed by atoms with Crippen molar-refractivity contribution in [3.05, 3.63) is 41.2 Å². The highest BCUT2D eigenvalue weighted by Gasteiger charge is 2.09. The summed E-state index contributed by atoms with van der Waals surface area (Å²) >= 11 is 0. The lowest BCUT2D eigenvalue weighted by Gasteiger charge is -2.12. The largest absolute Gasteiger partial charge is 0.339 e. The Bertz CT molecular complexity index is 644. The fourth-order valence-corrected chi connectivity index (χ4v) is 1.77. The van der Waals surface area contributed by atoms with Crippen LogP contribution in [-0.2, 0) is 0 Å². The second kappa shape index (κ2) is 5.33. The molecule has 0 amide bonds. The molecule has 4 N–H and O–H groups in total. The predicted octanol–water partition coefficient (Wildman–Crippen LogP) is 1.99. The van der Waals surface area contributed by atoms with Gasteiger partial charge in [0.15, 0.2) is 0 Å². The molecule has 0 saturated heterocycles. The van der Waals surface area contributed by atoms with Crippen LogP contribution in [0.15, 0.2) is 24.5 Å². The van der Waals surface area contributed by atoms with Crippen LogP contribution >= 0.6 is 0 Å². The number of aryl methyl sites for hydroxylation is 1. The van der Waals surface area contributed by atoms with Crippen LogP contribution in [0.3, 0.4) is 0 Å². The summed E-state index contributed by atoms with van der Waals surface area (Å²) in [5.41, 5.74) is 5.52. The molecule has 1 aromatic carbocycles. The van der Waals surface area contributed by atoms with E-state index in [0.717, 1.165) is 11.1 Å². The van der Waals surface area contributed by atoms with E-state index in [-0.39, 0.29) is 0 Å². The first kappa shape index (κ1) is 12.8. The molecule has 0 spiro atoms. The van der Waals surface area contributed by atoms with Crippen molar-refractivity contribution in [2.45, 2.75) is 13.8 Å². The molecule has 0 unspecified atom stereocenters. The standard InChI is InChI=1S/C13H14N6/c1-8-4-3-5-11(10(8)6-14)18-12-9(2)13(19-15)17-7-16-12/h3-5,7H,15H2,1-2H3,(H2,16,17,18,19). The maximum Gasteiger partial charge on any atom is 0.148 e. The third-order valence-electron chi connectivity index (χ3n) is 2.86. The van der Waals surface area contributed by atoms with Crippen LogP contribution in [-0.4, -0.2) is 9.97 Å².